The summed E-state index contributed by atoms with van der Waals surface area (Å²) in [5, 5.41) is 18.2. The van der Waals surface area contributed by atoms with E-state index in [1.807, 2.05) is 0 Å². The van der Waals surface area contributed by atoms with Crippen molar-refractivity contribution in [1.82, 2.24) is 0 Å². The molecule has 2 N–H and O–H groups in total. The molecule has 3 nitrogen and oxygen atoms in total. The van der Waals surface area contributed by atoms with Crippen molar-refractivity contribution in [2.45, 2.75) is 45.9 Å². The molecule has 0 aliphatic rings. The van der Waals surface area contributed by atoms with Crippen molar-refractivity contribution in [2.75, 3.05) is 20.2 Å². The number of hydrogen-bond acceptors (Lipinski definition) is 2. The molecule has 13 heavy (non-hydrogen) atoms. The summed E-state index contributed by atoms with van der Waals surface area (Å²) in [6.45, 7) is 9.04. The maximum Gasteiger partial charge on any atom is 0.126 e. The molecule has 0 radical (unpaired) electrons. The third-order valence-electron chi connectivity index (χ3n) is 3.17. The number of rotatable bonds is 5. The second kappa shape index (κ2) is 4.94. The number of hydrogen-bond donors (Lipinski definition) is 2. The fourth-order valence-electron chi connectivity index (χ4n) is 1.53. The molecule has 80 valence electrons. The molecule has 0 fully saturated rings. The predicted octanol–water partition coefficient (Wildman–Crippen LogP) is 0.603. The molecule has 0 rings (SSSR count). The topological polar surface area (TPSA) is 40.5 Å². The van der Waals surface area contributed by atoms with Crippen LogP contribution in [-0.2, 0) is 0 Å². The average molecular weight is 190 g/mol. The molecule has 0 bridgehead atoms. The van der Waals surface area contributed by atoms with E-state index in [0.717, 1.165) is 4.48 Å². The predicted molar refractivity (Wildman–Crippen MR) is 54.4 cm³/mol. The highest BCUT2D eigenvalue weighted by Gasteiger charge is 2.31. The molecular formula is C10H24NO2+. The fraction of sp³-hybridized carbons (Fsp3) is 1.00. The zero-order valence-electron chi connectivity index (χ0n) is 9.49. The third-order valence-corrected chi connectivity index (χ3v) is 3.17. The molecule has 0 aliphatic carbocycles. The van der Waals surface area contributed by atoms with E-state index in [0.29, 0.717) is 18.6 Å². The molecule has 0 aromatic carbocycles. The van der Waals surface area contributed by atoms with Gasteiger partial charge in [-0.2, -0.15) is 0 Å². The summed E-state index contributed by atoms with van der Waals surface area (Å²) < 4.78 is 0.793. The standard InChI is InChI=1S/C10H24NO2/c1-8(2)11(5,9(3)4)6-10(13)7-12/h8-10,12-13H,6-7H2,1-5H3/q+1. The lowest BCUT2D eigenvalue weighted by Gasteiger charge is -2.43. The van der Waals surface area contributed by atoms with Gasteiger partial charge in [0.25, 0.3) is 0 Å². The van der Waals surface area contributed by atoms with E-state index >= 15 is 0 Å². The van der Waals surface area contributed by atoms with Crippen LogP contribution in [0.3, 0.4) is 0 Å². The summed E-state index contributed by atoms with van der Waals surface area (Å²) in [7, 11) is 2.12. The molecule has 0 saturated heterocycles. The lowest BCUT2D eigenvalue weighted by molar-refractivity contribution is -0.951. The van der Waals surface area contributed by atoms with Crippen molar-refractivity contribution < 1.29 is 14.7 Å². The highest BCUT2D eigenvalue weighted by Crippen LogP contribution is 2.16. The highest BCUT2D eigenvalue weighted by molar-refractivity contribution is 4.57. The Bertz CT molecular complexity index is 138. The van der Waals surface area contributed by atoms with Crippen LogP contribution in [0.15, 0.2) is 0 Å². The highest BCUT2D eigenvalue weighted by atomic mass is 16.3. The van der Waals surface area contributed by atoms with Gasteiger partial charge < -0.3 is 14.7 Å². The van der Waals surface area contributed by atoms with Gasteiger partial charge in [-0.05, 0) is 27.7 Å². The van der Waals surface area contributed by atoms with Crippen molar-refractivity contribution in [3.05, 3.63) is 0 Å². The smallest absolute Gasteiger partial charge is 0.126 e. The number of likely N-dealkylation sites (N-methyl/N-ethyl adjacent to an activating group) is 1. The molecule has 0 amide bonds. The van der Waals surface area contributed by atoms with Crippen molar-refractivity contribution in [1.29, 1.82) is 0 Å². The minimum absolute atomic E-state index is 0.146. The quantitative estimate of drug-likeness (QED) is 0.623. The van der Waals surface area contributed by atoms with Crippen LogP contribution in [0.1, 0.15) is 27.7 Å². The summed E-state index contributed by atoms with van der Waals surface area (Å²) in [5.74, 6) is 0. The Morgan fingerprint density at radius 1 is 1.08 bits per heavy atom. The van der Waals surface area contributed by atoms with Crippen molar-refractivity contribution in [3.8, 4) is 0 Å². The van der Waals surface area contributed by atoms with Crippen LogP contribution < -0.4 is 0 Å². The summed E-state index contributed by atoms with van der Waals surface area (Å²) >= 11 is 0. The van der Waals surface area contributed by atoms with Gasteiger partial charge in [0.2, 0.25) is 0 Å². The zero-order valence-corrected chi connectivity index (χ0v) is 9.49. The number of aliphatic hydroxyl groups is 2. The minimum Gasteiger partial charge on any atom is -0.393 e. The van der Waals surface area contributed by atoms with Crippen molar-refractivity contribution in [3.63, 3.8) is 0 Å². The van der Waals surface area contributed by atoms with Gasteiger partial charge in [0.15, 0.2) is 0 Å². The Morgan fingerprint density at radius 3 is 1.69 bits per heavy atom. The molecule has 3 heteroatoms. The largest absolute Gasteiger partial charge is 0.393 e. The monoisotopic (exact) mass is 190 g/mol. The first kappa shape index (κ1) is 12.9. The number of nitrogens with zero attached hydrogens (tertiary/aromatic N) is 1. The minimum atomic E-state index is -0.602. The lowest BCUT2D eigenvalue weighted by Crippen LogP contribution is -2.58. The summed E-state index contributed by atoms with van der Waals surface area (Å²) in [5.41, 5.74) is 0. The molecule has 1 atom stereocenters. The summed E-state index contributed by atoms with van der Waals surface area (Å²) in [6, 6.07) is 0.919. The third kappa shape index (κ3) is 3.25. The maximum atomic E-state index is 9.43. The van der Waals surface area contributed by atoms with Crippen LogP contribution in [0.4, 0.5) is 0 Å². The first-order chi connectivity index (χ1) is 5.84. The van der Waals surface area contributed by atoms with E-state index in [9.17, 15) is 5.11 Å². The first-order valence-corrected chi connectivity index (χ1v) is 4.98. The van der Waals surface area contributed by atoms with E-state index in [4.69, 9.17) is 5.11 Å². The molecule has 0 spiro atoms. The molecular weight excluding hydrogens is 166 g/mol. The van der Waals surface area contributed by atoms with Gasteiger partial charge in [0, 0.05) is 0 Å². The molecule has 0 aromatic rings. The van der Waals surface area contributed by atoms with E-state index in [1.54, 1.807) is 0 Å². The second-order valence-electron chi connectivity index (χ2n) is 4.55. The van der Waals surface area contributed by atoms with Crippen molar-refractivity contribution in [2.24, 2.45) is 0 Å². The molecule has 0 saturated carbocycles. The lowest BCUT2D eigenvalue weighted by atomic mass is 10.1. The van der Waals surface area contributed by atoms with E-state index in [2.05, 4.69) is 34.7 Å². The molecule has 0 aromatic heterocycles. The Balaban J connectivity index is 4.42. The SMILES string of the molecule is CC(C)[N+](C)(CC(O)CO)C(C)C. The Labute approximate surface area is 81.6 Å². The van der Waals surface area contributed by atoms with E-state index in [-0.39, 0.29) is 6.61 Å². The van der Waals surface area contributed by atoms with Crippen LogP contribution in [0.25, 0.3) is 0 Å². The van der Waals surface area contributed by atoms with Gasteiger partial charge in [-0.1, -0.05) is 0 Å². The Kier molecular flexibility index (Phi) is 4.89. The van der Waals surface area contributed by atoms with Crippen LogP contribution >= 0.6 is 0 Å². The maximum absolute atomic E-state index is 9.43. The van der Waals surface area contributed by atoms with Gasteiger partial charge in [-0.3, -0.25) is 0 Å². The molecule has 0 heterocycles. The first-order valence-electron chi connectivity index (χ1n) is 4.98. The van der Waals surface area contributed by atoms with E-state index in [1.165, 1.54) is 0 Å². The Hall–Kier alpha value is -0.120. The van der Waals surface area contributed by atoms with Gasteiger partial charge >= 0.3 is 0 Å². The van der Waals surface area contributed by atoms with E-state index < -0.39 is 6.10 Å². The number of aliphatic hydroxyl groups excluding tert-OH is 2. The molecule has 1 unspecified atom stereocenters. The van der Waals surface area contributed by atoms with Crippen molar-refractivity contribution >= 4 is 0 Å². The normalized spacial score (nSPS) is 15.5. The van der Waals surface area contributed by atoms with Gasteiger partial charge in [-0.15, -0.1) is 0 Å². The van der Waals surface area contributed by atoms with Gasteiger partial charge in [-0.25, -0.2) is 0 Å². The zero-order chi connectivity index (χ0) is 10.6. The van der Waals surface area contributed by atoms with Crippen LogP contribution in [0.2, 0.25) is 0 Å². The Morgan fingerprint density at radius 2 is 1.46 bits per heavy atom. The van der Waals surface area contributed by atoms with Gasteiger partial charge in [0.1, 0.15) is 12.6 Å². The fourth-order valence-corrected chi connectivity index (χ4v) is 1.53. The summed E-state index contributed by atoms with van der Waals surface area (Å²) in [4.78, 5) is 0. The number of quaternary nitrogens is 1. The second-order valence-corrected chi connectivity index (χ2v) is 4.55. The molecule has 0 aliphatic heterocycles. The summed E-state index contributed by atoms with van der Waals surface area (Å²) in [6.07, 6.45) is -0.602. The average Bonchev–Trinajstić information content (AvgIpc) is 2.03. The van der Waals surface area contributed by atoms with Gasteiger partial charge in [0.05, 0.1) is 25.7 Å². The van der Waals surface area contributed by atoms with Crippen LogP contribution in [-0.4, -0.2) is 53.1 Å². The van der Waals surface area contributed by atoms with Crippen LogP contribution in [0, 0.1) is 0 Å². The van der Waals surface area contributed by atoms with Crippen LogP contribution in [0.5, 0.6) is 0 Å².